The number of nitrogens with two attached hydrogens (primary N) is 1. The highest BCUT2D eigenvalue weighted by Gasteiger charge is 2.19. The smallest absolute Gasteiger partial charge is 0.0633 e. The summed E-state index contributed by atoms with van der Waals surface area (Å²) in [5.74, 6) is 6.12. The van der Waals surface area contributed by atoms with Gasteiger partial charge in [0.1, 0.15) is 0 Å². The van der Waals surface area contributed by atoms with Crippen LogP contribution in [0.3, 0.4) is 0 Å². The molecule has 14 heavy (non-hydrogen) atoms. The first-order valence-corrected chi connectivity index (χ1v) is 5.48. The summed E-state index contributed by atoms with van der Waals surface area (Å²) in [6.45, 7) is 5.42. The fourth-order valence-corrected chi connectivity index (χ4v) is 1.73. The molecule has 1 fully saturated rings. The van der Waals surface area contributed by atoms with Crippen molar-refractivity contribution in [3.05, 3.63) is 0 Å². The number of hydrogen-bond acceptors (Lipinski definition) is 4. The van der Waals surface area contributed by atoms with Gasteiger partial charge in [-0.1, -0.05) is 6.92 Å². The Morgan fingerprint density at radius 2 is 2.50 bits per heavy atom. The minimum absolute atomic E-state index is 0.272. The van der Waals surface area contributed by atoms with Gasteiger partial charge < -0.3 is 9.47 Å². The molecule has 0 amide bonds. The van der Waals surface area contributed by atoms with Crippen LogP contribution in [0, 0.1) is 5.92 Å². The Morgan fingerprint density at radius 3 is 3.07 bits per heavy atom. The van der Waals surface area contributed by atoms with Crippen molar-refractivity contribution in [1.29, 1.82) is 0 Å². The maximum atomic E-state index is 5.46. The zero-order chi connectivity index (χ0) is 10.2. The lowest BCUT2D eigenvalue weighted by molar-refractivity contribution is 0.102. The van der Waals surface area contributed by atoms with E-state index in [-0.39, 0.29) is 6.04 Å². The molecule has 1 saturated heterocycles. The van der Waals surface area contributed by atoms with E-state index in [0.29, 0.717) is 12.5 Å². The second kappa shape index (κ2) is 7.17. The van der Waals surface area contributed by atoms with Crippen molar-refractivity contribution in [3.8, 4) is 0 Å². The molecular formula is C10H22N2O2. The van der Waals surface area contributed by atoms with Crippen molar-refractivity contribution in [2.75, 3.05) is 26.4 Å². The van der Waals surface area contributed by atoms with Gasteiger partial charge in [-0.2, -0.15) is 0 Å². The molecule has 0 bridgehead atoms. The summed E-state index contributed by atoms with van der Waals surface area (Å²) in [6, 6.07) is 0.272. The van der Waals surface area contributed by atoms with Crippen LogP contribution < -0.4 is 11.3 Å². The molecule has 84 valence electrons. The van der Waals surface area contributed by atoms with Crippen molar-refractivity contribution in [3.63, 3.8) is 0 Å². The monoisotopic (exact) mass is 202 g/mol. The Labute approximate surface area is 86.1 Å². The number of hydrazine groups is 1. The first-order chi connectivity index (χ1) is 6.86. The standard InChI is InChI=1S/C10H22N2O2/c1-2-4-13-8-10(12-11)6-9-3-5-14-7-9/h9-10,12H,2-8,11H2,1H3. The summed E-state index contributed by atoms with van der Waals surface area (Å²) >= 11 is 0. The summed E-state index contributed by atoms with van der Waals surface area (Å²) in [5, 5.41) is 0. The molecule has 1 aliphatic rings. The minimum atomic E-state index is 0.272. The molecule has 0 saturated carbocycles. The molecule has 3 N–H and O–H groups in total. The van der Waals surface area contributed by atoms with Crippen molar-refractivity contribution in [1.82, 2.24) is 5.43 Å². The Balaban J connectivity index is 2.10. The zero-order valence-corrected chi connectivity index (χ0v) is 9.00. The Bertz CT molecular complexity index is 138. The number of nitrogens with one attached hydrogen (secondary N) is 1. The predicted molar refractivity (Wildman–Crippen MR) is 55.8 cm³/mol. The molecule has 1 heterocycles. The average molecular weight is 202 g/mol. The molecule has 0 radical (unpaired) electrons. The maximum absolute atomic E-state index is 5.46. The third kappa shape index (κ3) is 4.37. The SMILES string of the molecule is CCCOCC(CC1CCOC1)NN. The molecule has 0 spiro atoms. The van der Waals surface area contributed by atoms with Gasteiger partial charge in [-0.3, -0.25) is 11.3 Å². The van der Waals surface area contributed by atoms with Gasteiger partial charge >= 0.3 is 0 Å². The van der Waals surface area contributed by atoms with Gasteiger partial charge in [-0.15, -0.1) is 0 Å². The molecule has 0 aromatic heterocycles. The Morgan fingerprint density at radius 1 is 1.64 bits per heavy atom. The van der Waals surface area contributed by atoms with E-state index in [1.807, 2.05) is 0 Å². The molecule has 1 aliphatic heterocycles. The van der Waals surface area contributed by atoms with Crippen LogP contribution in [0.1, 0.15) is 26.2 Å². The van der Waals surface area contributed by atoms with Crippen molar-refractivity contribution in [2.45, 2.75) is 32.2 Å². The number of rotatable bonds is 7. The summed E-state index contributed by atoms with van der Waals surface area (Å²) < 4.78 is 10.8. The lowest BCUT2D eigenvalue weighted by Crippen LogP contribution is -2.40. The molecule has 2 unspecified atom stereocenters. The van der Waals surface area contributed by atoms with Crippen LogP contribution in [0.15, 0.2) is 0 Å². The second-order valence-corrected chi connectivity index (χ2v) is 3.90. The van der Waals surface area contributed by atoms with Crippen LogP contribution >= 0.6 is 0 Å². The van der Waals surface area contributed by atoms with Crippen molar-refractivity contribution >= 4 is 0 Å². The van der Waals surface area contributed by atoms with E-state index >= 15 is 0 Å². The van der Waals surface area contributed by atoms with E-state index in [2.05, 4.69) is 12.3 Å². The molecule has 2 atom stereocenters. The van der Waals surface area contributed by atoms with Crippen LogP contribution in [0.4, 0.5) is 0 Å². The van der Waals surface area contributed by atoms with E-state index in [0.717, 1.165) is 39.1 Å². The summed E-state index contributed by atoms with van der Waals surface area (Å²) in [5.41, 5.74) is 2.81. The molecule has 1 rings (SSSR count). The first-order valence-electron chi connectivity index (χ1n) is 5.48. The van der Waals surface area contributed by atoms with Crippen LogP contribution in [0.2, 0.25) is 0 Å². The van der Waals surface area contributed by atoms with E-state index in [4.69, 9.17) is 15.3 Å². The Kier molecular flexibility index (Phi) is 6.10. The quantitative estimate of drug-likeness (QED) is 0.362. The lowest BCUT2D eigenvalue weighted by Gasteiger charge is -2.18. The van der Waals surface area contributed by atoms with Gasteiger partial charge in [0.15, 0.2) is 0 Å². The highest BCUT2D eigenvalue weighted by atomic mass is 16.5. The molecule has 0 aliphatic carbocycles. The second-order valence-electron chi connectivity index (χ2n) is 3.90. The summed E-state index contributed by atoms with van der Waals surface area (Å²) in [6.07, 6.45) is 3.27. The molecule has 4 nitrogen and oxygen atoms in total. The van der Waals surface area contributed by atoms with Gasteiger partial charge in [0.2, 0.25) is 0 Å². The van der Waals surface area contributed by atoms with Crippen LogP contribution in [-0.2, 0) is 9.47 Å². The van der Waals surface area contributed by atoms with E-state index in [9.17, 15) is 0 Å². The van der Waals surface area contributed by atoms with Crippen LogP contribution in [0.25, 0.3) is 0 Å². The van der Waals surface area contributed by atoms with Crippen LogP contribution in [-0.4, -0.2) is 32.5 Å². The lowest BCUT2D eigenvalue weighted by atomic mass is 10.00. The van der Waals surface area contributed by atoms with E-state index < -0.39 is 0 Å². The molecular weight excluding hydrogens is 180 g/mol. The van der Waals surface area contributed by atoms with Crippen LogP contribution in [0.5, 0.6) is 0 Å². The minimum Gasteiger partial charge on any atom is -0.381 e. The van der Waals surface area contributed by atoms with Gasteiger partial charge in [-0.25, -0.2) is 0 Å². The normalized spacial score (nSPS) is 24.0. The topological polar surface area (TPSA) is 56.5 Å². The fourth-order valence-electron chi connectivity index (χ4n) is 1.73. The molecule has 0 aromatic carbocycles. The number of hydrogen-bond donors (Lipinski definition) is 2. The summed E-state index contributed by atoms with van der Waals surface area (Å²) in [4.78, 5) is 0. The average Bonchev–Trinajstić information content (AvgIpc) is 2.69. The van der Waals surface area contributed by atoms with E-state index in [1.165, 1.54) is 0 Å². The van der Waals surface area contributed by atoms with E-state index in [1.54, 1.807) is 0 Å². The highest BCUT2D eigenvalue weighted by molar-refractivity contribution is 4.72. The molecule has 4 heteroatoms. The Hall–Kier alpha value is -0.160. The number of ether oxygens (including phenoxy) is 2. The summed E-state index contributed by atoms with van der Waals surface area (Å²) in [7, 11) is 0. The zero-order valence-electron chi connectivity index (χ0n) is 9.00. The largest absolute Gasteiger partial charge is 0.381 e. The fraction of sp³-hybridized carbons (Fsp3) is 1.00. The van der Waals surface area contributed by atoms with Gasteiger partial charge in [0.05, 0.1) is 6.61 Å². The maximum Gasteiger partial charge on any atom is 0.0633 e. The third-order valence-corrected chi connectivity index (χ3v) is 2.55. The predicted octanol–water partition coefficient (Wildman–Crippen LogP) is 0.672. The van der Waals surface area contributed by atoms with Gasteiger partial charge in [0, 0.05) is 25.9 Å². The van der Waals surface area contributed by atoms with Crippen molar-refractivity contribution in [2.24, 2.45) is 11.8 Å². The first kappa shape index (κ1) is 11.9. The van der Waals surface area contributed by atoms with Gasteiger partial charge in [0.25, 0.3) is 0 Å². The third-order valence-electron chi connectivity index (χ3n) is 2.55. The van der Waals surface area contributed by atoms with Crippen molar-refractivity contribution < 1.29 is 9.47 Å². The highest BCUT2D eigenvalue weighted by Crippen LogP contribution is 2.17. The molecule has 0 aromatic rings. The van der Waals surface area contributed by atoms with Gasteiger partial charge in [-0.05, 0) is 25.2 Å².